The number of nitrogens with two attached hydrogens (primary N) is 1. The Kier molecular flexibility index (Phi) is 3.41. The van der Waals surface area contributed by atoms with Gasteiger partial charge in [0.05, 0.1) is 30.3 Å². The molecule has 0 spiro atoms. The van der Waals surface area contributed by atoms with Crippen LogP contribution in [0.1, 0.15) is 19.5 Å². The van der Waals surface area contributed by atoms with Gasteiger partial charge in [0.2, 0.25) is 0 Å². The quantitative estimate of drug-likeness (QED) is 0.817. The number of hydrogen-bond donors (Lipinski definition) is 1. The van der Waals surface area contributed by atoms with Gasteiger partial charge in [-0.1, -0.05) is 0 Å². The summed E-state index contributed by atoms with van der Waals surface area (Å²) in [6.45, 7) is 6.93. The summed E-state index contributed by atoms with van der Waals surface area (Å²) in [4.78, 5) is 6.72. The monoisotopic (exact) mass is 221 g/mol. The zero-order valence-electron chi connectivity index (χ0n) is 9.89. The van der Waals surface area contributed by atoms with Crippen LogP contribution in [0.5, 0.6) is 0 Å². The first kappa shape index (κ1) is 11.4. The normalized spacial score (nSPS) is 26.9. The molecule has 0 aliphatic carbocycles. The van der Waals surface area contributed by atoms with Crippen LogP contribution in [0.4, 0.5) is 5.69 Å². The maximum Gasteiger partial charge on any atom is 0.0674 e. The number of morpholine rings is 1. The summed E-state index contributed by atoms with van der Waals surface area (Å²) in [6.07, 6.45) is 2.02. The smallest absolute Gasteiger partial charge is 0.0674 e. The summed E-state index contributed by atoms with van der Waals surface area (Å²) in [5.41, 5.74) is 7.39. The molecule has 4 nitrogen and oxygen atoms in total. The van der Waals surface area contributed by atoms with E-state index in [1.807, 2.05) is 12.1 Å². The van der Waals surface area contributed by atoms with Gasteiger partial charge in [-0.05, 0) is 26.0 Å². The summed E-state index contributed by atoms with van der Waals surface area (Å²) in [5.74, 6) is 0. The van der Waals surface area contributed by atoms with Crippen LogP contribution in [0.25, 0.3) is 0 Å². The van der Waals surface area contributed by atoms with E-state index >= 15 is 0 Å². The Hall–Kier alpha value is -1.13. The molecule has 0 saturated carbocycles. The summed E-state index contributed by atoms with van der Waals surface area (Å²) in [6, 6.07) is 4.34. The molecule has 1 aliphatic heterocycles. The fraction of sp³-hybridized carbons (Fsp3) is 0.583. The number of anilines is 1. The van der Waals surface area contributed by atoms with Gasteiger partial charge in [-0.25, -0.2) is 0 Å². The fourth-order valence-corrected chi connectivity index (χ4v) is 1.93. The molecule has 1 aromatic heterocycles. The van der Waals surface area contributed by atoms with Crippen molar-refractivity contribution in [3.8, 4) is 0 Å². The molecule has 0 bridgehead atoms. The molecule has 1 aromatic rings. The average molecular weight is 221 g/mol. The minimum atomic E-state index is 0.310. The average Bonchev–Trinajstić information content (AvgIpc) is 2.27. The largest absolute Gasteiger partial charge is 0.397 e. The van der Waals surface area contributed by atoms with Crippen molar-refractivity contribution in [2.75, 3.05) is 18.9 Å². The van der Waals surface area contributed by atoms with Crippen molar-refractivity contribution >= 4 is 5.69 Å². The maximum atomic E-state index is 5.61. The zero-order chi connectivity index (χ0) is 11.5. The lowest BCUT2D eigenvalue weighted by Gasteiger charge is -2.36. The Morgan fingerprint density at radius 3 is 3.00 bits per heavy atom. The van der Waals surface area contributed by atoms with Crippen molar-refractivity contribution in [2.45, 2.75) is 32.5 Å². The Morgan fingerprint density at radius 2 is 2.31 bits per heavy atom. The van der Waals surface area contributed by atoms with Crippen molar-refractivity contribution < 1.29 is 4.74 Å². The SMILES string of the molecule is CC1CN(Cc2ccc(N)cn2)C(C)CO1. The molecule has 0 radical (unpaired) electrons. The summed E-state index contributed by atoms with van der Waals surface area (Å²) in [5, 5.41) is 0. The molecule has 2 heterocycles. The van der Waals surface area contributed by atoms with Crippen molar-refractivity contribution in [1.82, 2.24) is 9.88 Å². The second kappa shape index (κ2) is 4.80. The summed E-state index contributed by atoms with van der Waals surface area (Å²) >= 11 is 0. The highest BCUT2D eigenvalue weighted by Crippen LogP contribution is 2.14. The summed E-state index contributed by atoms with van der Waals surface area (Å²) in [7, 11) is 0. The fourth-order valence-electron chi connectivity index (χ4n) is 1.93. The molecule has 2 unspecified atom stereocenters. The van der Waals surface area contributed by atoms with Gasteiger partial charge in [0.1, 0.15) is 0 Å². The van der Waals surface area contributed by atoms with Crippen LogP contribution in [-0.2, 0) is 11.3 Å². The topological polar surface area (TPSA) is 51.4 Å². The number of nitrogens with zero attached hydrogens (tertiary/aromatic N) is 2. The first-order valence-electron chi connectivity index (χ1n) is 5.71. The van der Waals surface area contributed by atoms with Crippen molar-refractivity contribution in [3.05, 3.63) is 24.0 Å². The molecule has 0 aromatic carbocycles. The van der Waals surface area contributed by atoms with Crippen LogP contribution in [-0.4, -0.2) is 35.2 Å². The molecule has 1 saturated heterocycles. The number of hydrogen-bond acceptors (Lipinski definition) is 4. The lowest BCUT2D eigenvalue weighted by Crippen LogP contribution is -2.46. The van der Waals surface area contributed by atoms with Gasteiger partial charge in [0, 0.05) is 19.1 Å². The summed E-state index contributed by atoms with van der Waals surface area (Å²) < 4.78 is 5.60. The van der Waals surface area contributed by atoms with Crippen molar-refractivity contribution in [1.29, 1.82) is 0 Å². The highest BCUT2D eigenvalue weighted by Gasteiger charge is 2.23. The van der Waals surface area contributed by atoms with Gasteiger partial charge in [-0.2, -0.15) is 0 Å². The van der Waals surface area contributed by atoms with E-state index in [2.05, 4.69) is 23.7 Å². The van der Waals surface area contributed by atoms with Crippen LogP contribution in [0, 0.1) is 0 Å². The first-order chi connectivity index (χ1) is 7.65. The molecule has 1 fully saturated rings. The molecule has 1 aliphatic rings. The van der Waals surface area contributed by atoms with Gasteiger partial charge in [-0.15, -0.1) is 0 Å². The third-order valence-corrected chi connectivity index (χ3v) is 2.95. The standard InChI is InChI=1S/C12H19N3O/c1-9-8-16-10(2)6-15(9)7-12-4-3-11(13)5-14-12/h3-5,9-10H,6-8,13H2,1-2H3. The van der Waals surface area contributed by atoms with E-state index in [4.69, 9.17) is 10.5 Å². The number of aromatic nitrogens is 1. The van der Waals surface area contributed by atoms with Gasteiger partial charge in [0.25, 0.3) is 0 Å². The lowest BCUT2D eigenvalue weighted by molar-refractivity contribution is -0.0530. The Balaban J connectivity index is 2.00. The molecule has 0 amide bonds. The highest BCUT2D eigenvalue weighted by molar-refractivity contribution is 5.34. The van der Waals surface area contributed by atoms with E-state index in [1.165, 1.54) is 0 Å². The van der Waals surface area contributed by atoms with Gasteiger partial charge >= 0.3 is 0 Å². The number of rotatable bonds is 2. The number of ether oxygens (including phenoxy) is 1. The second-order valence-corrected chi connectivity index (χ2v) is 4.51. The minimum absolute atomic E-state index is 0.310. The maximum absolute atomic E-state index is 5.61. The number of pyridine rings is 1. The Bertz CT molecular complexity index is 339. The van der Waals surface area contributed by atoms with Crippen LogP contribution in [0.15, 0.2) is 18.3 Å². The number of nitrogen functional groups attached to an aromatic ring is 1. The zero-order valence-corrected chi connectivity index (χ0v) is 9.89. The van der Waals surface area contributed by atoms with Gasteiger partial charge in [-0.3, -0.25) is 9.88 Å². The van der Waals surface area contributed by atoms with E-state index in [-0.39, 0.29) is 0 Å². The van der Waals surface area contributed by atoms with Crippen molar-refractivity contribution in [2.24, 2.45) is 0 Å². The molecule has 4 heteroatoms. The predicted molar refractivity (Wildman–Crippen MR) is 63.9 cm³/mol. The molecular formula is C12H19N3O. The molecular weight excluding hydrogens is 202 g/mol. The second-order valence-electron chi connectivity index (χ2n) is 4.51. The Labute approximate surface area is 96.4 Å². The molecule has 2 N–H and O–H groups in total. The predicted octanol–water partition coefficient (Wildman–Crippen LogP) is 1.27. The van der Waals surface area contributed by atoms with Crippen LogP contribution in [0.2, 0.25) is 0 Å². The molecule has 2 rings (SSSR count). The third kappa shape index (κ3) is 2.71. The Morgan fingerprint density at radius 1 is 1.50 bits per heavy atom. The van der Waals surface area contributed by atoms with E-state index in [0.717, 1.165) is 25.4 Å². The first-order valence-corrected chi connectivity index (χ1v) is 5.71. The van der Waals surface area contributed by atoms with E-state index in [1.54, 1.807) is 6.20 Å². The minimum Gasteiger partial charge on any atom is -0.397 e. The van der Waals surface area contributed by atoms with Crippen LogP contribution >= 0.6 is 0 Å². The lowest BCUT2D eigenvalue weighted by atomic mass is 10.2. The van der Waals surface area contributed by atoms with Gasteiger partial charge in [0.15, 0.2) is 0 Å². The third-order valence-electron chi connectivity index (χ3n) is 2.95. The van der Waals surface area contributed by atoms with E-state index in [0.29, 0.717) is 17.8 Å². The highest BCUT2D eigenvalue weighted by atomic mass is 16.5. The van der Waals surface area contributed by atoms with Gasteiger partial charge < -0.3 is 10.5 Å². The molecule has 2 atom stereocenters. The molecule has 88 valence electrons. The van der Waals surface area contributed by atoms with E-state index in [9.17, 15) is 0 Å². The molecule has 16 heavy (non-hydrogen) atoms. The van der Waals surface area contributed by atoms with Crippen LogP contribution < -0.4 is 5.73 Å². The van der Waals surface area contributed by atoms with E-state index < -0.39 is 0 Å². The van der Waals surface area contributed by atoms with Crippen molar-refractivity contribution in [3.63, 3.8) is 0 Å². The van der Waals surface area contributed by atoms with Crippen LogP contribution in [0.3, 0.4) is 0 Å².